The second-order valence-corrected chi connectivity index (χ2v) is 5.63. The molecule has 0 aliphatic carbocycles. The van der Waals surface area contributed by atoms with Gasteiger partial charge in [0, 0.05) is 19.0 Å². The first-order valence-corrected chi connectivity index (χ1v) is 7.62. The Morgan fingerprint density at radius 2 is 2.25 bits per heavy atom. The van der Waals surface area contributed by atoms with E-state index in [0.717, 1.165) is 38.6 Å². The second kappa shape index (κ2) is 7.64. The molecule has 0 saturated carbocycles. The Hall–Kier alpha value is -1.07. The molecule has 1 aliphatic rings. The second-order valence-electron chi connectivity index (χ2n) is 4.89. The highest BCUT2D eigenvalue weighted by atomic mass is 35.5. The van der Waals surface area contributed by atoms with Crippen LogP contribution in [0.25, 0.3) is 0 Å². The molecule has 0 radical (unpaired) electrons. The van der Waals surface area contributed by atoms with Crippen molar-refractivity contribution in [3.05, 3.63) is 16.5 Å². The molecular formula is C13H18Cl2N4O. The lowest BCUT2D eigenvalue weighted by atomic mass is 9.97. The van der Waals surface area contributed by atoms with Crippen molar-refractivity contribution in [2.45, 2.75) is 32.1 Å². The number of hydrogen-bond donors (Lipinski definition) is 2. The van der Waals surface area contributed by atoms with E-state index in [-0.39, 0.29) is 17.1 Å². The summed E-state index contributed by atoms with van der Waals surface area (Å²) >= 11 is 11.7. The van der Waals surface area contributed by atoms with Gasteiger partial charge in [-0.3, -0.25) is 4.79 Å². The molecule has 1 aromatic rings. The molecule has 1 aliphatic heterocycles. The predicted octanol–water partition coefficient (Wildman–Crippen LogP) is 2.89. The normalized spacial score (nSPS) is 19.3. The minimum absolute atomic E-state index is 0.128. The van der Waals surface area contributed by atoms with Gasteiger partial charge >= 0.3 is 0 Å². The molecule has 1 fully saturated rings. The Bertz CT molecular complexity index is 470. The maximum atomic E-state index is 11.8. The van der Waals surface area contributed by atoms with Crippen LogP contribution in [-0.4, -0.2) is 29.0 Å². The van der Waals surface area contributed by atoms with Gasteiger partial charge in [-0.2, -0.15) is 4.98 Å². The SMILES string of the molecule is O=C1NCCCCC1CCCNc1nc(Cl)ncc1Cl. The summed E-state index contributed by atoms with van der Waals surface area (Å²) in [5.41, 5.74) is 0. The van der Waals surface area contributed by atoms with Gasteiger partial charge in [-0.05, 0) is 37.3 Å². The zero-order valence-electron chi connectivity index (χ0n) is 11.2. The van der Waals surface area contributed by atoms with Crippen molar-refractivity contribution in [3.8, 4) is 0 Å². The summed E-state index contributed by atoms with van der Waals surface area (Å²) in [6.45, 7) is 1.51. The van der Waals surface area contributed by atoms with Crippen LogP contribution in [0.15, 0.2) is 6.20 Å². The van der Waals surface area contributed by atoms with E-state index in [1.165, 1.54) is 6.20 Å². The van der Waals surface area contributed by atoms with Gasteiger partial charge in [0.1, 0.15) is 10.8 Å². The first-order valence-electron chi connectivity index (χ1n) is 6.86. The van der Waals surface area contributed by atoms with Crippen LogP contribution in [0, 0.1) is 5.92 Å². The highest BCUT2D eigenvalue weighted by Gasteiger charge is 2.19. The largest absolute Gasteiger partial charge is 0.369 e. The molecule has 1 saturated heterocycles. The van der Waals surface area contributed by atoms with Crippen molar-refractivity contribution in [2.75, 3.05) is 18.4 Å². The lowest BCUT2D eigenvalue weighted by Gasteiger charge is -2.13. The van der Waals surface area contributed by atoms with Crippen LogP contribution in [0.2, 0.25) is 10.3 Å². The Kier molecular flexibility index (Phi) is 5.86. The number of hydrogen-bond acceptors (Lipinski definition) is 4. The molecular weight excluding hydrogens is 299 g/mol. The molecule has 2 heterocycles. The summed E-state index contributed by atoms with van der Waals surface area (Å²) in [6, 6.07) is 0. The fourth-order valence-electron chi connectivity index (χ4n) is 2.30. The Morgan fingerprint density at radius 3 is 3.10 bits per heavy atom. The number of halogens is 2. The number of carbonyl (C=O) groups excluding carboxylic acids is 1. The first-order chi connectivity index (χ1) is 9.66. The van der Waals surface area contributed by atoms with Crippen LogP contribution in [0.4, 0.5) is 5.82 Å². The Morgan fingerprint density at radius 1 is 1.40 bits per heavy atom. The number of amides is 1. The Labute approximate surface area is 128 Å². The minimum Gasteiger partial charge on any atom is -0.369 e. The fraction of sp³-hybridized carbons (Fsp3) is 0.615. The van der Waals surface area contributed by atoms with E-state index in [2.05, 4.69) is 20.6 Å². The molecule has 2 N–H and O–H groups in total. The van der Waals surface area contributed by atoms with Gasteiger partial charge < -0.3 is 10.6 Å². The van der Waals surface area contributed by atoms with Gasteiger partial charge in [-0.25, -0.2) is 4.98 Å². The van der Waals surface area contributed by atoms with Crippen molar-refractivity contribution in [1.82, 2.24) is 15.3 Å². The minimum atomic E-state index is 0.128. The lowest BCUT2D eigenvalue weighted by molar-refractivity contribution is -0.124. The van der Waals surface area contributed by atoms with E-state index in [0.29, 0.717) is 17.4 Å². The van der Waals surface area contributed by atoms with Crippen LogP contribution < -0.4 is 10.6 Å². The van der Waals surface area contributed by atoms with Crippen molar-refractivity contribution < 1.29 is 4.79 Å². The first kappa shape index (κ1) is 15.3. The van der Waals surface area contributed by atoms with Crippen molar-refractivity contribution in [2.24, 2.45) is 5.92 Å². The summed E-state index contributed by atoms with van der Waals surface area (Å²) in [6.07, 6.45) is 6.40. The molecule has 7 heteroatoms. The summed E-state index contributed by atoms with van der Waals surface area (Å²) < 4.78 is 0. The molecule has 0 bridgehead atoms. The molecule has 1 amide bonds. The number of carbonyl (C=O) groups is 1. The third-order valence-electron chi connectivity index (χ3n) is 3.39. The van der Waals surface area contributed by atoms with Gasteiger partial charge in [-0.1, -0.05) is 18.0 Å². The maximum Gasteiger partial charge on any atom is 0.224 e. The topological polar surface area (TPSA) is 66.9 Å². The van der Waals surface area contributed by atoms with E-state index in [1.807, 2.05) is 0 Å². The molecule has 110 valence electrons. The third kappa shape index (κ3) is 4.49. The molecule has 1 aromatic heterocycles. The van der Waals surface area contributed by atoms with Crippen LogP contribution in [0.3, 0.4) is 0 Å². The van der Waals surface area contributed by atoms with Crippen LogP contribution in [0.5, 0.6) is 0 Å². The van der Waals surface area contributed by atoms with E-state index >= 15 is 0 Å². The molecule has 5 nitrogen and oxygen atoms in total. The number of anilines is 1. The quantitative estimate of drug-likeness (QED) is 0.647. The van der Waals surface area contributed by atoms with E-state index in [9.17, 15) is 4.79 Å². The zero-order valence-corrected chi connectivity index (χ0v) is 12.7. The summed E-state index contributed by atoms with van der Waals surface area (Å²) in [7, 11) is 0. The molecule has 1 atom stereocenters. The van der Waals surface area contributed by atoms with Crippen LogP contribution in [-0.2, 0) is 4.79 Å². The van der Waals surface area contributed by atoms with E-state index in [4.69, 9.17) is 23.2 Å². The Balaban J connectivity index is 1.75. The average Bonchev–Trinajstić information content (AvgIpc) is 2.63. The molecule has 0 spiro atoms. The van der Waals surface area contributed by atoms with Crippen molar-refractivity contribution in [3.63, 3.8) is 0 Å². The number of nitrogens with one attached hydrogen (secondary N) is 2. The smallest absolute Gasteiger partial charge is 0.224 e. The lowest BCUT2D eigenvalue weighted by Crippen LogP contribution is -2.29. The molecule has 20 heavy (non-hydrogen) atoms. The third-order valence-corrected chi connectivity index (χ3v) is 3.84. The van der Waals surface area contributed by atoms with Gasteiger partial charge in [-0.15, -0.1) is 0 Å². The van der Waals surface area contributed by atoms with Crippen LogP contribution >= 0.6 is 23.2 Å². The zero-order chi connectivity index (χ0) is 14.4. The monoisotopic (exact) mass is 316 g/mol. The standard InChI is InChI=1S/C13H18Cl2N4O/c14-10-8-18-13(15)19-11(10)16-7-3-5-9-4-1-2-6-17-12(9)20/h8-9H,1-7H2,(H,17,20)(H,16,18,19). The molecule has 1 unspecified atom stereocenters. The van der Waals surface area contributed by atoms with Crippen LogP contribution in [0.1, 0.15) is 32.1 Å². The summed E-state index contributed by atoms with van der Waals surface area (Å²) in [4.78, 5) is 19.6. The summed E-state index contributed by atoms with van der Waals surface area (Å²) in [5.74, 6) is 0.853. The summed E-state index contributed by atoms with van der Waals surface area (Å²) in [5, 5.41) is 6.69. The van der Waals surface area contributed by atoms with Crippen molar-refractivity contribution >= 4 is 34.9 Å². The molecule has 0 aromatic carbocycles. The number of aromatic nitrogens is 2. The van der Waals surface area contributed by atoms with Gasteiger partial charge in [0.25, 0.3) is 0 Å². The van der Waals surface area contributed by atoms with Gasteiger partial charge in [0.05, 0.1) is 6.20 Å². The number of nitrogens with zero attached hydrogens (tertiary/aromatic N) is 2. The van der Waals surface area contributed by atoms with Gasteiger partial charge in [0.2, 0.25) is 11.2 Å². The maximum absolute atomic E-state index is 11.8. The molecule has 2 rings (SSSR count). The predicted molar refractivity (Wildman–Crippen MR) is 80.1 cm³/mol. The van der Waals surface area contributed by atoms with Gasteiger partial charge in [0.15, 0.2) is 0 Å². The average molecular weight is 317 g/mol. The van der Waals surface area contributed by atoms with E-state index in [1.54, 1.807) is 0 Å². The van der Waals surface area contributed by atoms with E-state index < -0.39 is 0 Å². The highest BCUT2D eigenvalue weighted by molar-refractivity contribution is 6.33. The highest BCUT2D eigenvalue weighted by Crippen LogP contribution is 2.21. The number of rotatable bonds is 5. The fourth-order valence-corrected chi connectivity index (χ4v) is 2.59. The van der Waals surface area contributed by atoms with Crippen molar-refractivity contribution in [1.29, 1.82) is 0 Å².